The molecule has 0 spiro atoms. The van der Waals surface area contributed by atoms with E-state index in [2.05, 4.69) is 10.6 Å². The Labute approximate surface area is 302 Å². The number of ether oxygens (including phenoxy) is 2. The van der Waals surface area contributed by atoms with Crippen LogP contribution < -0.4 is 16.4 Å². The molecule has 3 unspecified atom stereocenters. The SMILES string of the molecule is Nc1ccccc1NC(=O)CCCCCCC(=O)NCc1ccc(C2OC(CSc3ccc(C(=O)O)cc3)CC(c3ccc(CO)cc3)O2)cc1. The van der Waals surface area contributed by atoms with Crippen molar-refractivity contribution in [2.45, 2.75) is 81.5 Å². The Balaban J connectivity index is 1.07. The summed E-state index contributed by atoms with van der Waals surface area (Å²) in [6, 6.07) is 29.6. The van der Waals surface area contributed by atoms with E-state index < -0.39 is 12.3 Å². The van der Waals surface area contributed by atoms with Crippen molar-refractivity contribution >= 4 is 40.9 Å². The first kappa shape index (κ1) is 37.6. The second-order valence-corrected chi connectivity index (χ2v) is 13.7. The summed E-state index contributed by atoms with van der Waals surface area (Å²) in [5, 5.41) is 24.5. The molecule has 10 nitrogen and oxygen atoms in total. The van der Waals surface area contributed by atoms with Gasteiger partial charge in [-0.25, -0.2) is 4.79 Å². The fourth-order valence-corrected chi connectivity index (χ4v) is 6.66. The topological polar surface area (TPSA) is 160 Å². The van der Waals surface area contributed by atoms with Gasteiger partial charge in [0.1, 0.15) is 0 Å². The highest BCUT2D eigenvalue weighted by Crippen LogP contribution is 2.39. The molecule has 3 atom stereocenters. The fraction of sp³-hybridized carbons (Fsp3) is 0.325. The van der Waals surface area contributed by atoms with Gasteiger partial charge >= 0.3 is 5.97 Å². The number of aliphatic hydroxyl groups excluding tert-OH is 1. The predicted molar refractivity (Wildman–Crippen MR) is 198 cm³/mol. The van der Waals surface area contributed by atoms with Crippen molar-refractivity contribution in [1.29, 1.82) is 0 Å². The number of nitrogens with two attached hydrogens (primary N) is 1. The molecule has 6 N–H and O–H groups in total. The molecular weight excluding hydrogens is 667 g/mol. The van der Waals surface area contributed by atoms with E-state index in [1.165, 1.54) is 0 Å². The zero-order valence-corrected chi connectivity index (χ0v) is 29.3. The van der Waals surface area contributed by atoms with Gasteiger partial charge in [-0.15, -0.1) is 11.8 Å². The monoisotopic (exact) mass is 711 g/mol. The smallest absolute Gasteiger partial charge is 0.335 e. The van der Waals surface area contributed by atoms with Gasteiger partial charge in [0, 0.05) is 42.0 Å². The Morgan fingerprint density at radius 3 is 2.08 bits per heavy atom. The molecule has 1 aliphatic rings. The minimum absolute atomic E-state index is 0.0108. The third-order valence-corrected chi connectivity index (χ3v) is 9.83. The third-order valence-electron chi connectivity index (χ3n) is 8.69. The minimum atomic E-state index is -0.955. The Morgan fingerprint density at radius 2 is 1.41 bits per heavy atom. The van der Waals surface area contributed by atoms with E-state index in [9.17, 15) is 24.6 Å². The average molecular weight is 712 g/mol. The standard InChI is InChI=1S/C40H45N3O7S/c41-34-7-5-6-8-35(34)43-38(46)10-4-2-1-3-9-37(45)42-24-27-11-17-31(18-12-27)40-49-32(26-51-33-21-19-30(20-22-33)39(47)48)23-36(50-40)29-15-13-28(25-44)14-16-29/h5-8,11-22,32,36,40,44H,1-4,9-10,23-26,41H2,(H,42,45)(H,43,46)(H,47,48). The number of hydrogen-bond donors (Lipinski definition) is 5. The molecule has 0 aliphatic carbocycles. The summed E-state index contributed by atoms with van der Waals surface area (Å²) in [5.74, 6) is -0.375. The number of carbonyl (C=O) groups is 3. The van der Waals surface area contributed by atoms with Gasteiger partial charge in [0.2, 0.25) is 11.8 Å². The number of carbonyl (C=O) groups excluding carboxylic acids is 2. The predicted octanol–water partition coefficient (Wildman–Crippen LogP) is 7.39. The third kappa shape index (κ3) is 11.7. The highest BCUT2D eigenvalue weighted by Gasteiger charge is 2.32. The van der Waals surface area contributed by atoms with Gasteiger partial charge in [-0.2, -0.15) is 0 Å². The van der Waals surface area contributed by atoms with Crippen molar-refractivity contribution < 1.29 is 34.1 Å². The molecule has 4 aromatic carbocycles. The van der Waals surface area contributed by atoms with Crippen LogP contribution in [0.3, 0.4) is 0 Å². The number of thioether (sulfide) groups is 1. The number of anilines is 2. The van der Waals surface area contributed by atoms with Crippen molar-refractivity contribution in [3.05, 3.63) is 125 Å². The molecule has 1 aliphatic heterocycles. The number of aliphatic hydroxyl groups is 1. The van der Waals surface area contributed by atoms with E-state index in [1.807, 2.05) is 60.7 Å². The average Bonchev–Trinajstić information content (AvgIpc) is 3.15. The van der Waals surface area contributed by atoms with E-state index in [-0.39, 0.29) is 36.2 Å². The summed E-state index contributed by atoms with van der Waals surface area (Å²) < 4.78 is 12.9. The van der Waals surface area contributed by atoms with Crippen molar-refractivity contribution in [3.63, 3.8) is 0 Å². The van der Waals surface area contributed by atoms with E-state index in [1.54, 1.807) is 48.2 Å². The molecule has 0 aromatic heterocycles. The molecule has 51 heavy (non-hydrogen) atoms. The number of carboxylic acids is 1. The molecule has 5 rings (SSSR count). The molecular formula is C40H45N3O7S. The Morgan fingerprint density at radius 1 is 0.765 bits per heavy atom. The molecule has 268 valence electrons. The largest absolute Gasteiger partial charge is 0.478 e. The van der Waals surface area contributed by atoms with Gasteiger partial charge in [-0.3, -0.25) is 9.59 Å². The van der Waals surface area contributed by atoms with Crippen molar-refractivity contribution in [2.24, 2.45) is 0 Å². The summed E-state index contributed by atoms with van der Waals surface area (Å²) in [4.78, 5) is 36.9. The van der Waals surface area contributed by atoms with Gasteiger partial charge in [0.15, 0.2) is 6.29 Å². The fourth-order valence-electron chi connectivity index (χ4n) is 5.74. The number of benzene rings is 4. The van der Waals surface area contributed by atoms with Crippen LogP contribution in [0.15, 0.2) is 102 Å². The van der Waals surface area contributed by atoms with Crippen molar-refractivity contribution in [3.8, 4) is 0 Å². The number of hydrogen-bond acceptors (Lipinski definition) is 8. The second kappa shape index (κ2) is 19.1. The van der Waals surface area contributed by atoms with Crippen LogP contribution in [-0.4, -0.2) is 39.9 Å². The zero-order chi connectivity index (χ0) is 36.0. The van der Waals surface area contributed by atoms with Crippen LogP contribution in [0.4, 0.5) is 11.4 Å². The quantitative estimate of drug-likeness (QED) is 0.0427. The lowest BCUT2D eigenvalue weighted by molar-refractivity contribution is -0.245. The molecule has 1 heterocycles. The number of nitrogens with one attached hydrogen (secondary N) is 2. The highest BCUT2D eigenvalue weighted by atomic mass is 32.2. The number of aromatic carboxylic acids is 1. The van der Waals surface area contributed by atoms with E-state index in [4.69, 9.17) is 15.2 Å². The molecule has 0 saturated carbocycles. The lowest BCUT2D eigenvalue weighted by atomic mass is 10.0. The van der Waals surface area contributed by atoms with Crippen LogP contribution >= 0.6 is 11.8 Å². The number of para-hydroxylation sites is 2. The molecule has 2 amide bonds. The van der Waals surface area contributed by atoms with E-state index >= 15 is 0 Å². The lowest BCUT2D eigenvalue weighted by Gasteiger charge is -2.36. The van der Waals surface area contributed by atoms with Crippen LogP contribution in [0.25, 0.3) is 0 Å². The Hall–Kier alpha value is -4.68. The first-order chi connectivity index (χ1) is 24.8. The maximum absolute atomic E-state index is 12.5. The summed E-state index contributed by atoms with van der Waals surface area (Å²) in [7, 11) is 0. The van der Waals surface area contributed by atoms with Crippen LogP contribution in [0, 0.1) is 0 Å². The first-order valence-electron chi connectivity index (χ1n) is 17.2. The first-order valence-corrected chi connectivity index (χ1v) is 18.2. The van der Waals surface area contributed by atoms with Gasteiger partial charge in [0.25, 0.3) is 0 Å². The number of nitrogen functional groups attached to an aromatic ring is 1. The summed E-state index contributed by atoms with van der Waals surface area (Å²) >= 11 is 1.60. The van der Waals surface area contributed by atoms with Gasteiger partial charge < -0.3 is 36.1 Å². The maximum atomic E-state index is 12.5. The second-order valence-electron chi connectivity index (χ2n) is 12.6. The number of rotatable bonds is 17. The highest BCUT2D eigenvalue weighted by molar-refractivity contribution is 7.99. The molecule has 4 aromatic rings. The van der Waals surface area contributed by atoms with Crippen molar-refractivity contribution in [2.75, 3.05) is 16.8 Å². The van der Waals surface area contributed by atoms with E-state index in [0.717, 1.165) is 52.8 Å². The minimum Gasteiger partial charge on any atom is -0.478 e. The summed E-state index contributed by atoms with van der Waals surface area (Å²) in [6.07, 6.45) is 3.76. The summed E-state index contributed by atoms with van der Waals surface area (Å²) in [5.41, 5.74) is 10.9. The number of amides is 2. The van der Waals surface area contributed by atoms with E-state index in [0.29, 0.717) is 42.9 Å². The van der Waals surface area contributed by atoms with Gasteiger partial charge in [0.05, 0.1) is 35.8 Å². The lowest BCUT2D eigenvalue weighted by Crippen LogP contribution is -2.31. The molecule has 0 bridgehead atoms. The van der Waals surface area contributed by atoms with Crippen LogP contribution in [0.1, 0.15) is 90.0 Å². The zero-order valence-electron chi connectivity index (χ0n) is 28.5. The Bertz CT molecular complexity index is 1730. The van der Waals surface area contributed by atoms with Gasteiger partial charge in [-0.1, -0.05) is 73.5 Å². The van der Waals surface area contributed by atoms with Gasteiger partial charge in [-0.05, 0) is 65.9 Å². The molecule has 0 radical (unpaired) electrons. The number of unbranched alkanes of at least 4 members (excludes halogenated alkanes) is 3. The summed E-state index contributed by atoms with van der Waals surface area (Å²) in [6.45, 7) is 0.381. The van der Waals surface area contributed by atoms with Crippen LogP contribution in [-0.2, 0) is 32.2 Å². The maximum Gasteiger partial charge on any atom is 0.335 e. The molecule has 1 fully saturated rings. The van der Waals surface area contributed by atoms with Crippen LogP contribution in [0.2, 0.25) is 0 Å². The normalized spacial score (nSPS) is 17.1. The molecule has 1 saturated heterocycles. The molecule has 11 heteroatoms. The Kier molecular flexibility index (Phi) is 14.1. The number of carboxylic acid groups (broad SMARTS) is 1. The van der Waals surface area contributed by atoms with Crippen molar-refractivity contribution in [1.82, 2.24) is 5.32 Å². The van der Waals surface area contributed by atoms with Crippen LogP contribution in [0.5, 0.6) is 0 Å².